The van der Waals surface area contributed by atoms with Gasteiger partial charge in [-0.3, -0.25) is 0 Å². The van der Waals surface area contributed by atoms with Gasteiger partial charge in [-0.2, -0.15) is 5.10 Å². The first-order chi connectivity index (χ1) is 10.6. The molecular weight excluding hydrogens is 304 g/mol. The van der Waals surface area contributed by atoms with Crippen LogP contribution in [0.5, 0.6) is 0 Å². The van der Waals surface area contributed by atoms with Crippen molar-refractivity contribution < 1.29 is 9.53 Å². The number of esters is 1. The fraction of sp³-hybridized carbons (Fsp3) is 0.133. The van der Waals surface area contributed by atoms with Gasteiger partial charge >= 0.3 is 5.97 Å². The van der Waals surface area contributed by atoms with Crippen LogP contribution >= 0.6 is 11.6 Å². The van der Waals surface area contributed by atoms with E-state index in [4.69, 9.17) is 22.1 Å². The van der Waals surface area contributed by atoms with Gasteiger partial charge in [-0.1, -0.05) is 11.6 Å². The zero-order chi connectivity index (χ0) is 15.7. The number of ether oxygens (including phenoxy) is 1. The van der Waals surface area contributed by atoms with Crippen LogP contribution in [-0.4, -0.2) is 27.3 Å². The Hall–Kier alpha value is -2.60. The number of halogens is 1. The van der Waals surface area contributed by atoms with E-state index in [0.29, 0.717) is 21.7 Å². The monoisotopic (exact) mass is 316 g/mol. The second kappa shape index (κ2) is 5.65. The molecule has 0 aliphatic carbocycles. The molecule has 3 aromatic rings. The fourth-order valence-electron chi connectivity index (χ4n) is 2.14. The third-order valence-electron chi connectivity index (χ3n) is 3.21. The number of carbonyl (C=O) groups excluding carboxylic acids is 1. The molecule has 0 bridgehead atoms. The summed E-state index contributed by atoms with van der Waals surface area (Å²) in [6, 6.07) is 7.18. The summed E-state index contributed by atoms with van der Waals surface area (Å²) >= 11 is 5.89. The molecule has 2 N–H and O–H groups in total. The lowest BCUT2D eigenvalue weighted by Gasteiger charge is -2.07. The van der Waals surface area contributed by atoms with Crippen molar-refractivity contribution in [2.45, 2.75) is 6.92 Å². The number of pyridine rings is 1. The van der Waals surface area contributed by atoms with Crippen LogP contribution in [0.25, 0.3) is 16.7 Å². The normalized spacial score (nSPS) is 10.8. The minimum absolute atomic E-state index is 0.241. The minimum Gasteiger partial charge on any atom is -0.462 e. The number of nitrogens with two attached hydrogens (primary N) is 1. The van der Waals surface area contributed by atoms with E-state index < -0.39 is 5.97 Å². The van der Waals surface area contributed by atoms with Crippen molar-refractivity contribution in [1.29, 1.82) is 0 Å². The minimum atomic E-state index is -0.492. The van der Waals surface area contributed by atoms with Gasteiger partial charge in [-0.25, -0.2) is 14.5 Å². The zero-order valence-electron chi connectivity index (χ0n) is 11.8. The first kappa shape index (κ1) is 14.3. The highest BCUT2D eigenvalue weighted by Gasteiger charge is 2.17. The van der Waals surface area contributed by atoms with Gasteiger partial charge in [0.1, 0.15) is 5.56 Å². The number of anilines is 1. The molecule has 2 aromatic heterocycles. The number of rotatable bonds is 3. The van der Waals surface area contributed by atoms with E-state index in [9.17, 15) is 4.79 Å². The van der Waals surface area contributed by atoms with Crippen molar-refractivity contribution in [3.05, 3.63) is 47.2 Å². The standard InChI is InChI=1S/C15H13ClN4O2/c1-2-22-15(21)12-7-18-14-11(13(12)17)8-19-20(14)10-5-3-9(16)4-6-10/h3-8H,2H2,1H3,(H2,17,18). The maximum Gasteiger partial charge on any atom is 0.341 e. The molecule has 112 valence electrons. The van der Waals surface area contributed by atoms with Gasteiger partial charge in [0.2, 0.25) is 0 Å². The Balaban J connectivity index is 2.11. The number of nitrogens with zero attached hydrogens (tertiary/aromatic N) is 3. The summed E-state index contributed by atoms with van der Waals surface area (Å²) in [5.74, 6) is -0.492. The summed E-state index contributed by atoms with van der Waals surface area (Å²) < 4.78 is 6.60. The predicted molar refractivity (Wildman–Crippen MR) is 84.2 cm³/mol. The number of hydrogen-bond acceptors (Lipinski definition) is 5. The van der Waals surface area contributed by atoms with E-state index in [-0.39, 0.29) is 12.2 Å². The molecule has 0 spiro atoms. The van der Waals surface area contributed by atoms with Gasteiger partial charge < -0.3 is 10.5 Å². The lowest BCUT2D eigenvalue weighted by atomic mass is 10.2. The van der Waals surface area contributed by atoms with E-state index in [2.05, 4.69) is 10.1 Å². The largest absolute Gasteiger partial charge is 0.462 e. The molecule has 0 saturated carbocycles. The fourth-order valence-corrected chi connectivity index (χ4v) is 2.27. The number of nitrogen functional groups attached to an aromatic ring is 1. The Bertz CT molecular complexity index is 843. The Labute approximate surface area is 131 Å². The van der Waals surface area contributed by atoms with Crippen LogP contribution in [-0.2, 0) is 4.74 Å². The lowest BCUT2D eigenvalue weighted by Crippen LogP contribution is -2.09. The molecule has 2 heterocycles. The third-order valence-corrected chi connectivity index (χ3v) is 3.46. The van der Waals surface area contributed by atoms with Crippen LogP contribution < -0.4 is 5.73 Å². The Morgan fingerprint density at radius 1 is 1.32 bits per heavy atom. The first-order valence-corrected chi connectivity index (χ1v) is 7.05. The summed E-state index contributed by atoms with van der Waals surface area (Å²) in [6.45, 7) is 2.01. The van der Waals surface area contributed by atoms with Crippen molar-refractivity contribution >= 4 is 34.3 Å². The summed E-state index contributed by atoms with van der Waals surface area (Å²) in [5, 5.41) is 5.52. The van der Waals surface area contributed by atoms with Crippen LogP contribution in [0.2, 0.25) is 5.02 Å². The van der Waals surface area contributed by atoms with Gasteiger partial charge in [-0.15, -0.1) is 0 Å². The Morgan fingerprint density at radius 3 is 2.73 bits per heavy atom. The molecular formula is C15H13ClN4O2. The molecule has 0 amide bonds. The summed E-state index contributed by atoms with van der Waals surface area (Å²) in [5.41, 5.74) is 7.96. The molecule has 0 fully saturated rings. The number of hydrogen-bond donors (Lipinski definition) is 1. The highest BCUT2D eigenvalue weighted by atomic mass is 35.5. The third kappa shape index (κ3) is 2.37. The van der Waals surface area contributed by atoms with Crippen LogP contribution in [0.1, 0.15) is 17.3 Å². The molecule has 7 heteroatoms. The molecule has 1 aromatic carbocycles. The highest BCUT2D eigenvalue weighted by molar-refractivity contribution is 6.30. The summed E-state index contributed by atoms with van der Waals surface area (Å²) in [4.78, 5) is 16.1. The quantitative estimate of drug-likeness (QED) is 0.751. The summed E-state index contributed by atoms with van der Waals surface area (Å²) in [6.07, 6.45) is 2.98. The lowest BCUT2D eigenvalue weighted by molar-refractivity contribution is 0.0527. The second-order valence-electron chi connectivity index (χ2n) is 4.58. The van der Waals surface area contributed by atoms with E-state index >= 15 is 0 Å². The van der Waals surface area contributed by atoms with Crippen molar-refractivity contribution in [2.75, 3.05) is 12.3 Å². The average molecular weight is 317 g/mol. The maximum absolute atomic E-state index is 11.8. The molecule has 0 aliphatic rings. The number of aromatic nitrogens is 3. The van der Waals surface area contributed by atoms with Gasteiger partial charge in [0.05, 0.1) is 29.6 Å². The van der Waals surface area contributed by atoms with Crippen LogP contribution in [0.4, 0.5) is 5.69 Å². The SMILES string of the molecule is CCOC(=O)c1cnc2c(cnn2-c2ccc(Cl)cc2)c1N. The van der Waals surface area contributed by atoms with E-state index in [1.165, 1.54) is 6.20 Å². The predicted octanol–water partition coefficient (Wildman–Crippen LogP) is 2.83. The van der Waals surface area contributed by atoms with Gasteiger partial charge in [-0.05, 0) is 31.2 Å². The molecule has 0 unspecified atom stereocenters. The Morgan fingerprint density at radius 2 is 2.05 bits per heavy atom. The average Bonchev–Trinajstić information content (AvgIpc) is 2.93. The Kier molecular flexibility index (Phi) is 3.68. The molecule has 0 saturated heterocycles. The molecule has 3 rings (SSSR count). The van der Waals surface area contributed by atoms with Gasteiger partial charge in [0.25, 0.3) is 0 Å². The van der Waals surface area contributed by atoms with Crippen molar-refractivity contribution in [3.8, 4) is 5.69 Å². The van der Waals surface area contributed by atoms with Gasteiger partial charge in [0, 0.05) is 11.2 Å². The van der Waals surface area contributed by atoms with Crippen molar-refractivity contribution in [2.24, 2.45) is 0 Å². The van der Waals surface area contributed by atoms with Crippen molar-refractivity contribution in [3.63, 3.8) is 0 Å². The first-order valence-electron chi connectivity index (χ1n) is 6.67. The molecule has 0 aliphatic heterocycles. The van der Waals surface area contributed by atoms with E-state index in [0.717, 1.165) is 5.69 Å². The topological polar surface area (TPSA) is 83.0 Å². The number of benzene rings is 1. The number of fused-ring (bicyclic) bond motifs is 1. The smallest absolute Gasteiger partial charge is 0.341 e. The van der Waals surface area contributed by atoms with Gasteiger partial charge in [0.15, 0.2) is 5.65 Å². The van der Waals surface area contributed by atoms with E-state index in [1.54, 1.807) is 29.9 Å². The molecule has 22 heavy (non-hydrogen) atoms. The highest BCUT2D eigenvalue weighted by Crippen LogP contribution is 2.25. The van der Waals surface area contributed by atoms with Crippen LogP contribution in [0, 0.1) is 0 Å². The van der Waals surface area contributed by atoms with Crippen LogP contribution in [0.15, 0.2) is 36.7 Å². The van der Waals surface area contributed by atoms with Crippen LogP contribution in [0.3, 0.4) is 0 Å². The zero-order valence-corrected chi connectivity index (χ0v) is 12.5. The second-order valence-corrected chi connectivity index (χ2v) is 5.01. The summed E-state index contributed by atoms with van der Waals surface area (Å²) in [7, 11) is 0. The van der Waals surface area contributed by atoms with Crippen molar-refractivity contribution in [1.82, 2.24) is 14.8 Å². The number of carbonyl (C=O) groups is 1. The molecule has 6 nitrogen and oxygen atoms in total. The van der Waals surface area contributed by atoms with E-state index in [1.807, 2.05) is 12.1 Å². The molecule has 0 atom stereocenters. The maximum atomic E-state index is 11.8. The molecule has 0 radical (unpaired) electrons.